The molecule has 0 bridgehead atoms. The molecule has 1 aliphatic rings. The van der Waals surface area contributed by atoms with E-state index in [1.807, 2.05) is 30.3 Å². The van der Waals surface area contributed by atoms with Gasteiger partial charge < -0.3 is 24.4 Å². The van der Waals surface area contributed by atoms with E-state index in [0.717, 1.165) is 5.56 Å². The van der Waals surface area contributed by atoms with E-state index in [-0.39, 0.29) is 18.2 Å². The third kappa shape index (κ3) is 4.66. The molecule has 0 saturated carbocycles. The second-order valence-corrected chi connectivity index (χ2v) is 7.87. The number of hydrogen-bond donors (Lipinski definition) is 1. The van der Waals surface area contributed by atoms with Crippen molar-refractivity contribution in [1.82, 2.24) is 4.98 Å². The average molecular weight is 462 g/mol. The second-order valence-electron chi connectivity index (χ2n) is 7.87. The Morgan fingerprint density at radius 1 is 0.971 bits per heavy atom. The number of nitrogens with one attached hydrogen (secondary N) is 1. The van der Waals surface area contributed by atoms with Gasteiger partial charge in [0.05, 0.1) is 33.3 Å². The Hall–Kier alpha value is -4.07. The van der Waals surface area contributed by atoms with Crippen molar-refractivity contribution in [3.63, 3.8) is 0 Å². The molecular formula is C26H27N3O5. The summed E-state index contributed by atoms with van der Waals surface area (Å²) in [6, 6.07) is 17.5. The van der Waals surface area contributed by atoms with Crippen LogP contribution >= 0.6 is 0 Å². The largest absolute Gasteiger partial charge is 0.497 e. The van der Waals surface area contributed by atoms with Crippen molar-refractivity contribution in [3.8, 4) is 17.2 Å². The van der Waals surface area contributed by atoms with Crippen molar-refractivity contribution in [2.45, 2.75) is 18.9 Å². The molecule has 2 heterocycles. The molecule has 1 fully saturated rings. The minimum absolute atomic E-state index is 0.0631. The van der Waals surface area contributed by atoms with Gasteiger partial charge in [0.2, 0.25) is 11.8 Å². The standard InChI is InChI=1S/C26H27N3O5/c1-32-19-10-8-18(9-11-19)29-24(30)14-12-20(26(31)28-23-6-4-5-15-27-23)25(29)17-7-13-21(33-2)22(16-17)34-3/h4-11,13,15-16,20,25H,12,14H2,1-3H3,(H,27,28,31). The van der Waals surface area contributed by atoms with Crippen molar-refractivity contribution < 1.29 is 23.8 Å². The maximum absolute atomic E-state index is 13.4. The van der Waals surface area contributed by atoms with Crippen LogP contribution in [0.15, 0.2) is 66.9 Å². The molecule has 8 nitrogen and oxygen atoms in total. The maximum atomic E-state index is 13.4. The molecule has 3 aromatic rings. The smallest absolute Gasteiger partial charge is 0.231 e. The van der Waals surface area contributed by atoms with Gasteiger partial charge in [-0.25, -0.2) is 4.98 Å². The van der Waals surface area contributed by atoms with Crippen LogP contribution in [0.4, 0.5) is 11.5 Å². The zero-order chi connectivity index (χ0) is 24.1. The molecule has 1 N–H and O–H groups in total. The fraction of sp³-hybridized carbons (Fsp3) is 0.269. The SMILES string of the molecule is COc1ccc(N2C(=O)CCC(C(=O)Nc3ccccn3)C2c2ccc(OC)c(OC)c2)cc1. The summed E-state index contributed by atoms with van der Waals surface area (Å²) in [5.74, 6) is 1.46. The number of carbonyl (C=O) groups excluding carboxylic acids is 2. The Morgan fingerprint density at radius 3 is 2.38 bits per heavy atom. The van der Waals surface area contributed by atoms with Gasteiger partial charge >= 0.3 is 0 Å². The van der Waals surface area contributed by atoms with E-state index >= 15 is 0 Å². The average Bonchev–Trinajstić information content (AvgIpc) is 2.88. The lowest BCUT2D eigenvalue weighted by Crippen LogP contribution is -2.47. The van der Waals surface area contributed by atoms with Crippen LogP contribution in [-0.2, 0) is 9.59 Å². The molecule has 34 heavy (non-hydrogen) atoms. The van der Waals surface area contributed by atoms with Crippen LogP contribution in [0, 0.1) is 5.92 Å². The molecule has 2 unspecified atom stereocenters. The van der Waals surface area contributed by atoms with Gasteiger partial charge in [-0.2, -0.15) is 0 Å². The van der Waals surface area contributed by atoms with Crippen LogP contribution in [0.1, 0.15) is 24.4 Å². The van der Waals surface area contributed by atoms with E-state index in [9.17, 15) is 9.59 Å². The van der Waals surface area contributed by atoms with Crippen molar-refractivity contribution in [2.75, 3.05) is 31.5 Å². The highest BCUT2D eigenvalue weighted by Gasteiger charge is 2.42. The predicted octanol–water partition coefficient (Wildman–Crippen LogP) is 4.23. The summed E-state index contributed by atoms with van der Waals surface area (Å²) in [6.07, 6.45) is 2.27. The number of aromatic nitrogens is 1. The molecule has 4 rings (SSSR count). The third-order valence-corrected chi connectivity index (χ3v) is 5.95. The number of carbonyl (C=O) groups is 2. The quantitative estimate of drug-likeness (QED) is 0.566. The number of benzene rings is 2. The number of rotatable bonds is 7. The number of pyridine rings is 1. The highest BCUT2D eigenvalue weighted by molar-refractivity contribution is 6.00. The Labute approximate surface area is 198 Å². The highest BCUT2D eigenvalue weighted by atomic mass is 16.5. The van der Waals surface area contributed by atoms with Gasteiger partial charge in [-0.15, -0.1) is 0 Å². The lowest BCUT2D eigenvalue weighted by Gasteiger charge is -2.41. The summed E-state index contributed by atoms with van der Waals surface area (Å²) in [5.41, 5.74) is 1.45. The number of ether oxygens (including phenoxy) is 3. The number of amides is 2. The highest BCUT2D eigenvalue weighted by Crippen LogP contribution is 2.43. The minimum atomic E-state index is -0.557. The van der Waals surface area contributed by atoms with Crippen LogP contribution in [0.5, 0.6) is 17.2 Å². The molecule has 0 aliphatic carbocycles. The Morgan fingerprint density at radius 2 is 1.74 bits per heavy atom. The van der Waals surface area contributed by atoms with E-state index in [2.05, 4.69) is 10.3 Å². The van der Waals surface area contributed by atoms with Crippen LogP contribution in [0.3, 0.4) is 0 Å². The molecule has 1 aliphatic heterocycles. The van der Waals surface area contributed by atoms with E-state index < -0.39 is 12.0 Å². The zero-order valence-electron chi connectivity index (χ0n) is 19.4. The number of piperidine rings is 1. The first-order valence-corrected chi connectivity index (χ1v) is 11.0. The second kappa shape index (κ2) is 10.2. The predicted molar refractivity (Wildman–Crippen MR) is 128 cm³/mol. The molecule has 2 aromatic carbocycles. The zero-order valence-corrected chi connectivity index (χ0v) is 19.4. The molecule has 176 valence electrons. The molecule has 0 radical (unpaired) electrons. The van der Waals surface area contributed by atoms with E-state index in [0.29, 0.717) is 35.2 Å². The van der Waals surface area contributed by atoms with Gasteiger partial charge in [0.25, 0.3) is 0 Å². The monoisotopic (exact) mass is 461 g/mol. The van der Waals surface area contributed by atoms with E-state index in [1.165, 1.54) is 0 Å². The minimum Gasteiger partial charge on any atom is -0.497 e. The number of hydrogen-bond acceptors (Lipinski definition) is 6. The van der Waals surface area contributed by atoms with Crippen LogP contribution < -0.4 is 24.4 Å². The van der Waals surface area contributed by atoms with Crippen LogP contribution in [0.25, 0.3) is 0 Å². The van der Waals surface area contributed by atoms with E-state index in [4.69, 9.17) is 14.2 Å². The van der Waals surface area contributed by atoms with Gasteiger partial charge in [-0.05, 0) is 60.5 Å². The topological polar surface area (TPSA) is 90.0 Å². The number of nitrogens with zero attached hydrogens (tertiary/aromatic N) is 2. The maximum Gasteiger partial charge on any atom is 0.231 e. The summed E-state index contributed by atoms with van der Waals surface area (Å²) < 4.78 is 16.2. The van der Waals surface area contributed by atoms with Crippen LogP contribution in [-0.4, -0.2) is 38.1 Å². The molecule has 2 amide bonds. The molecule has 1 aromatic heterocycles. The van der Waals surface area contributed by atoms with Crippen LogP contribution in [0.2, 0.25) is 0 Å². The Balaban J connectivity index is 1.78. The molecule has 0 spiro atoms. The fourth-order valence-electron chi connectivity index (χ4n) is 4.29. The summed E-state index contributed by atoms with van der Waals surface area (Å²) in [6.45, 7) is 0. The summed E-state index contributed by atoms with van der Waals surface area (Å²) in [4.78, 5) is 32.6. The molecular weight excluding hydrogens is 434 g/mol. The molecule has 1 saturated heterocycles. The fourth-order valence-corrected chi connectivity index (χ4v) is 4.29. The molecule has 8 heteroatoms. The first-order valence-electron chi connectivity index (χ1n) is 11.0. The van der Waals surface area contributed by atoms with E-state index in [1.54, 1.807) is 62.8 Å². The normalized spacial score (nSPS) is 17.7. The molecule has 2 atom stereocenters. The Bertz CT molecular complexity index is 1150. The lowest BCUT2D eigenvalue weighted by molar-refractivity contribution is -0.126. The first-order chi connectivity index (χ1) is 16.5. The number of methoxy groups -OCH3 is 3. The Kier molecular flexibility index (Phi) is 6.96. The summed E-state index contributed by atoms with van der Waals surface area (Å²) >= 11 is 0. The van der Waals surface area contributed by atoms with Crippen molar-refractivity contribution in [3.05, 3.63) is 72.4 Å². The van der Waals surface area contributed by atoms with Crippen molar-refractivity contribution in [1.29, 1.82) is 0 Å². The lowest BCUT2D eigenvalue weighted by atomic mass is 9.83. The van der Waals surface area contributed by atoms with Crippen molar-refractivity contribution >= 4 is 23.3 Å². The van der Waals surface area contributed by atoms with Gasteiger partial charge in [0.15, 0.2) is 11.5 Å². The van der Waals surface area contributed by atoms with Gasteiger partial charge in [-0.1, -0.05) is 12.1 Å². The van der Waals surface area contributed by atoms with Gasteiger partial charge in [0, 0.05) is 18.3 Å². The van der Waals surface area contributed by atoms with Gasteiger partial charge in [0.1, 0.15) is 11.6 Å². The van der Waals surface area contributed by atoms with Gasteiger partial charge in [-0.3, -0.25) is 9.59 Å². The first kappa shape index (κ1) is 23.1. The third-order valence-electron chi connectivity index (χ3n) is 5.95. The summed E-state index contributed by atoms with van der Waals surface area (Å²) in [5, 5.41) is 2.90. The summed E-state index contributed by atoms with van der Waals surface area (Å²) in [7, 11) is 4.71. The van der Waals surface area contributed by atoms with Crippen molar-refractivity contribution in [2.24, 2.45) is 5.92 Å². The number of anilines is 2.